The van der Waals surface area contributed by atoms with Gasteiger partial charge in [0.15, 0.2) is 0 Å². The van der Waals surface area contributed by atoms with Crippen LogP contribution in [-0.2, 0) is 24.2 Å². The zero-order valence-electron chi connectivity index (χ0n) is 13.9. The van der Waals surface area contributed by atoms with Crippen LogP contribution in [0.15, 0.2) is 41.1 Å². The molecule has 0 radical (unpaired) electrons. The van der Waals surface area contributed by atoms with Gasteiger partial charge < -0.3 is 10.0 Å². The van der Waals surface area contributed by atoms with E-state index in [0.29, 0.717) is 25.8 Å². The minimum absolute atomic E-state index is 0.223. The third kappa shape index (κ3) is 3.37. The Balaban J connectivity index is 1.77. The van der Waals surface area contributed by atoms with E-state index in [1.54, 1.807) is 24.3 Å². The van der Waals surface area contributed by atoms with Gasteiger partial charge in [0.25, 0.3) is 5.91 Å². The highest BCUT2D eigenvalue weighted by molar-refractivity contribution is 9.10. The first kappa shape index (κ1) is 17.1. The van der Waals surface area contributed by atoms with Gasteiger partial charge in [-0.3, -0.25) is 9.78 Å². The van der Waals surface area contributed by atoms with Gasteiger partial charge in [-0.25, -0.2) is 0 Å². The molecule has 3 rings (SSSR count). The monoisotopic (exact) mass is 388 g/mol. The van der Waals surface area contributed by atoms with E-state index in [1.807, 2.05) is 25.1 Å². The number of hydrogen-bond donors (Lipinski definition) is 1. The molecule has 1 aromatic carbocycles. The molecule has 1 unspecified atom stereocenters. The minimum atomic E-state index is -1.33. The largest absolute Gasteiger partial charge is 0.380 e. The van der Waals surface area contributed by atoms with Gasteiger partial charge in [-0.1, -0.05) is 22.0 Å². The van der Waals surface area contributed by atoms with Gasteiger partial charge in [-0.05, 0) is 60.2 Å². The number of halogens is 1. The fourth-order valence-corrected chi connectivity index (χ4v) is 3.68. The van der Waals surface area contributed by atoms with Crippen molar-refractivity contribution >= 4 is 21.8 Å². The molecule has 2 aromatic rings. The summed E-state index contributed by atoms with van der Waals surface area (Å²) in [6.45, 7) is 2.45. The van der Waals surface area contributed by atoms with Gasteiger partial charge in [0, 0.05) is 36.9 Å². The van der Waals surface area contributed by atoms with Crippen LogP contribution < -0.4 is 0 Å². The lowest BCUT2D eigenvalue weighted by atomic mass is 9.79. The number of aromatic nitrogens is 1. The van der Waals surface area contributed by atoms with Crippen LogP contribution in [0, 0.1) is 6.92 Å². The lowest BCUT2D eigenvalue weighted by Crippen LogP contribution is -2.50. The zero-order valence-corrected chi connectivity index (χ0v) is 15.5. The quantitative estimate of drug-likeness (QED) is 0.878. The fraction of sp³-hybridized carbons (Fsp3) is 0.368. The Hall–Kier alpha value is -1.72. The van der Waals surface area contributed by atoms with Gasteiger partial charge in [-0.2, -0.15) is 0 Å². The highest BCUT2D eigenvalue weighted by atomic mass is 79.9. The summed E-state index contributed by atoms with van der Waals surface area (Å²) in [6, 6.07) is 7.94. The van der Waals surface area contributed by atoms with Crippen molar-refractivity contribution in [2.24, 2.45) is 0 Å². The van der Waals surface area contributed by atoms with Crippen molar-refractivity contribution in [1.82, 2.24) is 9.88 Å². The number of carbonyl (C=O) groups is 1. The first-order valence-corrected chi connectivity index (χ1v) is 8.83. The number of amides is 1. The molecule has 4 nitrogen and oxygen atoms in total. The van der Waals surface area contributed by atoms with Crippen molar-refractivity contribution in [2.75, 3.05) is 7.05 Å². The van der Waals surface area contributed by atoms with Crippen LogP contribution in [-0.4, -0.2) is 33.5 Å². The molecule has 0 spiro atoms. The molecule has 0 saturated carbocycles. The molecular formula is C19H21BrN2O2. The van der Waals surface area contributed by atoms with Crippen LogP contribution in [0.2, 0.25) is 0 Å². The Morgan fingerprint density at radius 2 is 2.17 bits per heavy atom. The van der Waals surface area contributed by atoms with Gasteiger partial charge in [0.1, 0.15) is 5.60 Å². The summed E-state index contributed by atoms with van der Waals surface area (Å²) in [5.41, 5.74) is 3.01. The first-order chi connectivity index (χ1) is 11.4. The van der Waals surface area contributed by atoms with E-state index in [0.717, 1.165) is 21.2 Å². The molecular weight excluding hydrogens is 368 g/mol. The Kier molecular flexibility index (Phi) is 4.74. The summed E-state index contributed by atoms with van der Waals surface area (Å²) >= 11 is 3.47. The number of likely N-dealkylation sites (N-methyl/N-ethyl adjacent to an activating group) is 1. The smallest absolute Gasteiger partial charge is 0.254 e. The van der Waals surface area contributed by atoms with Gasteiger partial charge in [-0.15, -0.1) is 0 Å². The van der Waals surface area contributed by atoms with Gasteiger partial charge in [0.2, 0.25) is 0 Å². The van der Waals surface area contributed by atoms with Crippen molar-refractivity contribution in [2.45, 2.75) is 38.3 Å². The second-order valence-electron chi connectivity index (χ2n) is 6.58. The molecule has 0 saturated heterocycles. The standard InChI is InChI=1S/C19H21BrN2O2/c1-13-6-8-21-11-16(13)12-22(2)18(23)19(24)7-5-14-9-17(20)4-3-15(14)10-19/h3-4,6,8-9,11,24H,5,7,10,12H2,1-2H3. The molecule has 0 bridgehead atoms. The number of fused-ring (bicyclic) bond motifs is 1. The summed E-state index contributed by atoms with van der Waals surface area (Å²) in [5, 5.41) is 11.0. The number of aliphatic hydroxyl groups is 1. The summed E-state index contributed by atoms with van der Waals surface area (Å²) in [6.07, 6.45) is 5.04. The van der Waals surface area contributed by atoms with E-state index in [9.17, 15) is 9.90 Å². The normalized spacial score (nSPS) is 19.7. The van der Waals surface area contributed by atoms with E-state index in [2.05, 4.69) is 27.0 Å². The molecule has 1 aliphatic carbocycles. The molecule has 1 atom stereocenters. The molecule has 0 fully saturated rings. The lowest BCUT2D eigenvalue weighted by molar-refractivity contribution is -0.151. The molecule has 1 amide bonds. The summed E-state index contributed by atoms with van der Waals surface area (Å²) < 4.78 is 1.03. The minimum Gasteiger partial charge on any atom is -0.380 e. The van der Waals surface area contributed by atoms with E-state index in [1.165, 1.54) is 5.56 Å². The maximum Gasteiger partial charge on any atom is 0.254 e. The fourth-order valence-electron chi connectivity index (χ4n) is 3.27. The van der Waals surface area contributed by atoms with Crippen molar-refractivity contribution in [3.8, 4) is 0 Å². The average molecular weight is 389 g/mol. The van der Waals surface area contributed by atoms with Crippen molar-refractivity contribution in [1.29, 1.82) is 0 Å². The number of aryl methyl sites for hydroxylation is 2. The number of carbonyl (C=O) groups excluding carboxylic acids is 1. The maximum absolute atomic E-state index is 12.9. The van der Waals surface area contributed by atoms with Crippen molar-refractivity contribution in [3.05, 3.63) is 63.4 Å². The summed E-state index contributed by atoms with van der Waals surface area (Å²) in [5.74, 6) is -0.223. The second-order valence-corrected chi connectivity index (χ2v) is 7.50. The molecule has 0 aliphatic heterocycles. The van der Waals surface area contributed by atoms with Crippen LogP contribution in [0.25, 0.3) is 0 Å². The molecule has 24 heavy (non-hydrogen) atoms. The maximum atomic E-state index is 12.9. The van der Waals surface area contributed by atoms with Crippen LogP contribution in [0.4, 0.5) is 0 Å². The average Bonchev–Trinajstić information content (AvgIpc) is 2.56. The van der Waals surface area contributed by atoms with Crippen molar-refractivity contribution < 1.29 is 9.90 Å². The Morgan fingerprint density at radius 1 is 1.38 bits per heavy atom. The second kappa shape index (κ2) is 6.65. The SMILES string of the molecule is Cc1ccncc1CN(C)C(=O)C1(O)CCc2cc(Br)ccc2C1. The Morgan fingerprint density at radius 3 is 2.92 bits per heavy atom. The number of pyridine rings is 1. The lowest BCUT2D eigenvalue weighted by Gasteiger charge is -2.35. The zero-order chi connectivity index (χ0) is 17.3. The molecule has 5 heteroatoms. The van der Waals surface area contributed by atoms with Crippen molar-refractivity contribution in [3.63, 3.8) is 0 Å². The summed E-state index contributed by atoms with van der Waals surface area (Å²) in [7, 11) is 1.74. The molecule has 1 aliphatic rings. The van der Waals surface area contributed by atoms with E-state index in [4.69, 9.17) is 0 Å². The highest BCUT2D eigenvalue weighted by Gasteiger charge is 2.41. The van der Waals surface area contributed by atoms with Gasteiger partial charge in [0.05, 0.1) is 0 Å². The third-order valence-corrected chi connectivity index (χ3v) is 5.25. The highest BCUT2D eigenvalue weighted by Crippen LogP contribution is 2.32. The van der Waals surface area contributed by atoms with Crippen LogP contribution >= 0.6 is 15.9 Å². The topological polar surface area (TPSA) is 53.4 Å². The van der Waals surface area contributed by atoms with Crippen LogP contribution in [0.1, 0.15) is 28.7 Å². The number of benzene rings is 1. The molecule has 1 N–H and O–H groups in total. The van der Waals surface area contributed by atoms with E-state index in [-0.39, 0.29) is 5.91 Å². The predicted octanol–water partition coefficient (Wildman–Crippen LogP) is 3.03. The number of rotatable bonds is 3. The van der Waals surface area contributed by atoms with E-state index >= 15 is 0 Å². The predicted molar refractivity (Wildman–Crippen MR) is 96.6 cm³/mol. The Labute approximate surface area is 150 Å². The molecule has 1 heterocycles. The Bertz CT molecular complexity index is 778. The van der Waals surface area contributed by atoms with Gasteiger partial charge >= 0.3 is 0 Å². The molecule has 1 aromatic heterocycles. The van der Waals surface area contributed by atoms with Crippen LogP contribution in [0.5, 0.6) is 0 Å². The summed E-state index contributed by atoms with van der Waals surface area (Å²) in [4.78, 5) is 18.6. The number of hydrogen-bond acceptors (Lipinski definition) is 3. The van der Waals surface area contributed by atoms with E-state index < -0.39 is 5.60 Å². The molecule has 126 valence electrons. The number of nitrogens with zero attached hydrogens (tertiary/aromatic N) is 2. The van der Waals surface area contributed by atoms with Crippen LogP contribution in [0.3, 0.4) is 0 Å². The third-order valence-electron chi connectivity index (χ3n) is 4.76. The first-order valence-electron chi connectivity index (χ1n) is 8.04.